The first-order valence-corrected chi connectivity index (χ1v) is 14.0. The van der Waals surface area contributed by atoms with Gasteiger partial charge in [-0.2, -0.15) is 0 Å². The van der Waals surface area contributed by atoms with Gasteiger partial charge in [-0.1, -0.05) is 50.2 Å². The summed E-state index contributed by atoms with van der Waals surface area (Å²) in [5, 5.41) is 3.15. The largest absolute Gasteiger partial charge is 0.457 e. The van der Waals surface area contributed by atoms with Crippen LogP contribution in [-0.4, -0.2) is 36.5 Å². The lowest BCUT2D eigenvalue weighted by Crippen LogP contribution is -2.58. The molecule has 1 aliphatic heterocycles. The van der Waals surface area contributed by atoms with E-state index in [0.717, 1.165) is 35.8 Å². The van der Waals surface area contributed by atoms with Crippen molar-refractivity contribution in [2.24, 2.45) is 11.8 Å². The molecule has 1 saturated heterocycles. The van der Waals surface area contributed by atoms with E-state index in [1.807, 2.05) is 48.5 Å². The maximum atomic E-state index is 13.1. The van der Waals surface area contributed by atoms with Crippen molar-refractivity contribution >= 4 is 5.91 Å². The van der Waals surface area contributed by atoms with Crippen LogP contribution in [0.15, 0.2) is 72.8 Å². The van der Waals surface area contributed by atoms with Gasteiger partial charge in [0.15, 0.2) is 0 Å². The molecule has 0 spiro atoms. The van der Waals surface area contributed by atoms with E-state index in [2.05, 4.69) is 48.3 Å². The molecule has 6 rings (SSSR count). The second-order valence-electron chi connectivity index (χ2n) is 11.6. The molecule has 4 nitrogen and oxygen atoms in total. The number of amides is 1. The van der Waals surface area contributed by atoms with Crippen LogP contribution < -0.4 is 10.1 Å². The van der Waals surface area contributed by atoms with Crippen LogP contribution in [-0.2, 0) is 18.3 Å². The van der Waals surface area contributed by atoms with E-state index in [1.54, 1.807) is 0 Å². The van der Waals surface area contributed by atoms with Gasteiger partial charge in [0.1, 0.15) is 11.5 Å². The van der Waals surface area contributed by atoms with Crippen molar-refractivity contribution in [3.63, 3.8) is 0 Å². The Labute approximate surface area is 221 Å². The zero-order chi connectivity index (χ0) is 25.4. The Hall–Kier alpha value is -3.11. The SMILES string of the molecule is CC1[C@H]2Cc3ccc(C(=O)NCCc4ccc(Oc5ccccc5)cc4)cc3[C@]1(C)CCN2CC1CC1. The summed E-state index contributed by atoms with van der Waals surface area (Å²) in [5.74, 6) is 3.21. The first kappa shape index (κ1) is 24.2. The Balaban J connectivity index is 1.07. The van der Waals surface area contributed by atoms with Crippen LogP contribution in [0.25, 0.3) is 0 Å². The fourth-order valence-corrected chi connectivity index (χ4v) is 6.48. The minimum Gasteiger partial charge on any atom is -0.457 e. The first-order chi connectivity index (χ1) is 18.0. The van der Waals surface area contributed by atoms with Crippen molar-refractivity contribution in [2.45, 2.75) is 57.4 Å². The number of ether oxygens (including phenoxy) is 1. The predicted octanol–water partition coefficient (Wildman–Crippen LogP) is 6.39. The molecule has 1 saturated carbocycles. The van der Waals surface area contributed by atoms with Crippen LogP contribution in [0.4, 0.5) is 0 Å². The molecule has 0 aromatic heterocycles. The highest BCUT2D eigenvalue weighted by atomic mass is 16.5. The fourth-order valence-electron chi connectivity index (χ4n) is 6.48. The normalized spacial score (nSPS) is 24.8. The lowest BCUT2D eigenvalue weighted by atomic mass is 9.59. The van der Waals surface area contributed by atoms with Crippen molar-refractivity contribution in [1.82, 2.24) is 10.2 Å². The zero-order valence-electron chi connectivity index (χ0n) is 22.1. The minimum atomic E-state index is 0.0244. The molecule has 3 aromatic rings. The van der Waals surface area contributed by atoms with Crippen molar-refractivity contribution in [3.8, 4) is 11.5 Å². The number of para-hydroxylation sites is 1. The summed E-state index contributed by atoms with van der Waals surface area (Å²) in [6.45, 7) is 7.96. The molecule has 37 heavy (non-hydrogen) atoms. The zero-order valence-corrected chi connectivity index (χ0v) is 22.1. The van der Waals surface area contributed by atoms with Crippen LogP contribution in [0.3, 0.4) is 0 Å². The first-order valence-electron chi connectivity index (χ1n) is 14.0. The molecule has 1 heterocycles. The highest BCUT2D eigenvalue weighted by molar-refractivity contribution is 5.94. The van der Waals surface area contributed by atoms with Crippen molar-refractivity contribution < 1.29 is 9.53 Å². The summed E-state index contributed by atoms with van der Waals surface area (Å²) in [4.78, 5) is 15.8. The molecule has 1 unspecified atom stereocenters. The Bertz CT molecular complexity index is 1250. The molecule has 3 aromatic carbocycles. The van der Waals surface area contributed by atoms with E-state index < -0.39 is 0 Å². The number of likely N-dealkylation sites (tertiary alicyclic amines) is 1. The van der Waals surface area contributed by atoms with Crippen LogP contribution in [0.1, 0.15) is 60.2 Å². The summed E-state index contributed by atoms with van der Waals surface area (Å²) in [5.41, 5.74) is 4.97. The second-order valence-corrected chi connectivity index (χ2v) is 11.6. The Morgan fingerprint density at radius 1 is 1.03 bits per heavy atom. The van der Waals surface area contributed by atoms with E-state index >= 15 is 0 Å². The molecule has 0 radical (unpaired) electrons. The summed E-state index contributed by atoms with van der Waals surface area (Å²) in [6.07, 6.45) is 5.91. The van der Waals surface area contributed by atoms with Gasteiger partial charge in [0.25, 0.3) is 5.91 Å². The van der Waals surface area contributed by atoms with Gasteiger partial charge in [0.2, 0.25) is 0 Å². The highest BCUT2D eigenvalue weighted by Gasteiger charge is 2.49. The number of carbonyl (C=O) groups excluding carboxylic acids is 1. The van der Waals surface area contributed by atoms with E-state index in [1.165, 1.54) is 49.0 Å². The van der Waals surface area contributed by atoms with Gasteiger partial charge in [0.05, 0.1) is 0 Å². The van der Waals surface area contributed by atoms with Gasteiger partial charge in [-0.15, -0.1) is 0 Å². The third-order valence-electron chi connectivity index (χ3n) is 9.18. The number of carbonyl (C=O) groups is 1. The monoisotopic (exact) mass is 494 g/mol. The number of hydrogen-bond donors (Lipinski definition) is 1. The van der Waals surface area contributed by atoms with E-state index in [0.29, 0.717) is 18.5 Å². The molecule has 4 heteroatoms. The molecule has 192 valence electrons. The van der Waals surface area contributed by atoms with Crippen LogP contribution in [0.2, 0.25) is 0 Å². The van der Waals surface area contributed by atoms with Crippen molar-refractivity contribution in [3.05, 3.63) is 95.1 Å². The minimum absolute atomic E-state index is 0.0244. The highest BCUT2D eigenvalue weighted by Crippen LogP contribution is 2.49. The maximum Gasteiger partial charge on any atom is 0.251 e. The van der Waals surface area contributed by atoms with Gasteiger partial charge < -0.3 is 10.1 Å². The van der Waals surface area contributed by atoms with Gasteiger partial charge in [0, 0.05) is 24.7 Å². The molecular formula is C33H38N2O2. The molecule has 3 atom stereocenters. The van der Waals surface area contributed by atoms with Gasteiger partial charge in [-0.05, 0) is 109 Å². The third kappa shape index (κ3) is 5.04. The Morgan fingerprint density at radius 2 is 1.78 bits per heavy atom. The van der Waals surface area contributed by atoms with E-state index in [9.17, 15) is 4.79 Å². The van der Waals surface area contributed by atoms with E-state index in [-0.39, 0.29) is 11.3 Å². The summed E-state index contributed by atoms with van der Waals surface area (Å²) in [7, 11) is 0. The number of nitrogens with zero attached hydrogens (tertiary/aromatic N) is 1. The summed E-state index contributed by atoms with van der Waals surface area (Å²) >= 11 is 0. The number of piperidine rings is 1. The third-order valence-corrected chi connectivity index (χ3v) is 9.18. The number of hydrogen-bond acceptors (Lipinski definition) is 3. The van der Waals surface area contributed by atoms with Gasteiger partial charge in [-0.3, -0.25) is 9.69 Å². The Kier molecular flexibility index (Phi) is 6.54. The van der Waals surface area contributed by atoms with Crippen LogP contribution in [0.5, 0.6) is 11.5 Å². The molecule has 2 fully saturated rings. The Morgan fingerprint density at radius 3 is 2.54 bits per heavy atom. The average Bonchev–Trinajstić information content (AvgIpc) is 3.73. The maximum absolute atomic E-state index is 13.1. The quantitative estimate of drug-likeness (QED) is 0.395. The molecule has 3 aliphatic rings. The number of rotatable bonds is 8. The number of fused-ring (bicyclic) bond motifs is 4. The topological polar surface area (TPSA) is 41.6 Å². The average molecular weight is 495 g/mol. The predicted molar refractivity (Wildman–Crippen MR) is 148 cm³/mol. The fraction of sp³-hybridized carbons (Fsp3) is 0.424. The standard InChI is InChI=1S/C33H38N2O2/c1-23-31-21-26-12-13-27(20-30(26)33(23,2)17-19-35(31)22-25-8-9-25)32(36)34-18-16-24-10-14-29(15-11-24)37-28-6-4-3-5-7-28/h3-7,10-15,20,23,25,31H,8-9,16-19,21-22H2,1-2H3,(H,34,36)/t23?,31-,33-/m1/s1. The second kappa shape index (κ2) is 9.98. The van der Waals surface area contributed by atoms with Crippen molar-refractivity contribution in [1.29, 1.82) is 0 Å². The molecule has 1 N–H and O–H groups in total. The number of benzene rings is 3. The smallest absolute Gasteiger partial charge is 0.251 e. The number of nitrogens with one attached hydrogen (secondary N) is 1. The lowest BCUT2D eigenvalue weighted by molar-refractivity contribution is 0.0284. The van der Waals surface area contributed by atoms with Crippen molar-refractivity contribution in [2.75, 3.05) is 19.6 Å². The van der Waals surface area contributed by atoms with E-state index in [4.69, 9.17) is 4.74 Å². The molecular weight excluding hydrogens is 456 g/mol. The molecule has 1 amide bonds. The molecule has 2 bridgehead atoms. The summed E-state index contributed by atoms with van der Waals surface area (Å²) < 4.78 is 5.88. The summed E-state index contributed by atoms with van der Waals surface area (Å²) in [6, 6.07) is 25.0. The van der Waals surface area contributed by atoms with Crippen LogP contribution in [0, 0.1) is 11.8 Å². The lowest BCUT2D eigenvalue weighted by Gasteiger charge is -2.55. The molecule has 2 aliphatic carbocycles. The van der Waals surface area contributed by atoms with Gasteiger partial charge >= 0.3 is 0 Å². The van der Waals surface area contributed by atoms with Crippen LogP contribution >= 0.6 is 0 Å². The van der Waals surface area contributed by atoms with Gasteiger partial charge in [-0.25, -0.2) is 0 Å².